The number of nitrogens with one attached hydrogen (secondary N) is 2. The van der Waals surface area contributed by atoms with Gasteiger partial charge >= 0.3 is 0 Å². The second-order valence-electron chi connectivity index (χ2n) is 5.12. The Kier molecular flexibility index (Phi) is 4.89. The van der Waals surface area contributed by atoms with Gasteiger partial charge in [-0.05, 0) is 24.6 Å². The zero-order chi connectivity index (χ0) is 17.0. The molecule has 3 aromatic rings. The number of aryl methyl sites for hydroxylation is 1. The van der Waals surface area contributed by atoms with Crippen molar-refractivity contribution in [3.8, 4) is 10.6 Å². The number of anilines is 1. The van der Waals surface area contributed by atoms with Crippen molar-refractivity contribution in [1.29, 1.82) is 0 Å². The molecule has 124 valence electrons. The largest absolute Gasteiger partial charge is 0.299 e. The molecule has 0 spiro atoms. The van der Waals surface area contributed by atoms with E-state index in [0.717, 1.165) is 21.1 Å². The lowest BCUT2D eigenvalue weighted by Gasteiger charge is -2.10. The lowest BCUT2D eigenvalue weighted by atomic mass is 10.2. The Morgan fingerprint density at radius 2 is 1.83 bits per heavy atom. The molecule has 0 fully saturated rings. The van der Waals surface area contributed by atoms with Crippen molar-refractivity contribution in [3.05, 3.63) is 65.2 Å². The zero-order valence-corrected chi connectivity index (χ0v) is 14.6. The van der Waals surface area contributed by atoms with Gasteiger partial charge in [0.1, 0.15) is 10.0 Å². The van der Waals surface area contributed by atoms with Crippen LogP contribution in [0, 0.1) is 6.92 Å². The number of hydrogen-bond donors (Lipinski definition) is 2. The normalized spacial score (nSPS) is 11.4. The summed E-state index contributed by atoms with van der Waals surface area (Å²) in [6.07, 6.45) is 0. The van der Waals surface area contributed by atoms with E-state index in [1.54, 1.807) is 18.2 Å². The first-order valence-corrected chi connectivity index (χ1v) is 9.54. The van der Waals surface area contributed by atoms with Crippen LogP contribution in [0.5, 0.6) is 0 Å². The van der Waals surface area contributed by atoms with Crippen molar-refractivity contribution in [1.82, 2.24) is 14.9 Å². The lowest BCUT2D eigenvalue weighted by molar-refractivity contribution is 0.587. The predicted molar refractivity (Wildman–Crippen MR) is 95.9 cm³/mol. The summed E-state index contributed by atoms with van der Waals surface area (Å²) in [6, 6.07) is 16.4. The Balaban J connectivity index is 1.70. The third-order valence-corrected chi connectivity index (χ3v) is 5.11. The molecule has 2 aromatic carbocycles. The number of nitrogens with zero attached hydrogens (tertiary/aromatic N) is 2. The number of rotatable bonds is 6. The zero-order valence-electron chi connectivity index (χ0n) is 12.9. The Labute approximate surface area is 144 Å². The standard InChI is InChI=1S/C16H16N4O2S2/c1-12-18-19-16(23-12)14-8-5-9-15(10-14)20-24(21,22)17-11-13-6-3-2-4-7-13/h2-10,17,20H,11H2,1H3. The average Bonchev–Trinajstić information content (AvgIpc) is 3.01. The lowest BCUT2D eigenvalue weighted by Crippen LogP contribution is -2.29. The van der Waals surface area contributed by atoms with Crippen LogP contribution >= 0.6 is 11.3 Å². The van der Waals surface area contributed by atoms with Crippen LogP contribution in [0.25, 0.3) is 10.6 Å². The summed E-state index contributed by atoms with van der Waals surface area (Å²) < 4.78 is 29.4. The van der Waals surface area contributed by atoms with Gasteiger partial charge < -0.3 is 0 Å². The molecule has 0 aliphatic rings. The van der Waals surface area contributed by atoms with Gasteiger partial charge in [-0.25, -0.2) is 0 Å². The molecule has 0 amide bonds. The Morgan fingerprint density at radius 3 is 2.54 bits per heavy atom. The van der Waals surface area contributed by atoms with Crippen LogP contribution < -0.4 is 9.44 Å². The quantitative estimate of drug-likeness (QED) is 0.708. The Hall–Kier alpha value is -2.29. The van der Waals surface area contributed by atoms with E-state index in [2.05, 4.69) is 19.6 Å². The number of benzene rings is 2. The van der Waals surface area contributed by atoms with E-state index >= 15 is 0 Å². The summed E-state index contributed by atoms with van der Waals surface area (Å²) in [5.74, 6) is 0. The highest BCUT2D eigenvalue weighted by atomic mass is 32.2. The minimum Gasteiger partial charge on any atom is -0.271 e. The number of hydrogen-bond acceptors (Lipinski definition) is 5. The molecule has 0 radical (unpaired) electrons. The molecule has 1 heterocycles. The summed E-state index contributed by atoms with van der Waals surface area (Å²) >= 11 is 1.46. The fourth-order valence-electron chi connectivity index (χ4n) is 2.09. The van der Waals surface area contributed by atoms with Crippen molar-refractivity contribution in [2.24, 2.45) is 0 Å². The van der Waals surface area contributed by atoms with Crippen LogP contribution in [0.15, 0.2) is 54.6 Å². The van der Waals surface area contributed by atoms with Crippen LogP contribution in [0.2, 0.25) is 0 Å². The molecule has 0 saturated carbocycles. The highest BCUT2D eigenvalue weighted by Gasteiger charge is 2.11. The first kappa shape index (κ1) is 16.6. The molecule has 6 nitrogen and oxygen atoms in total. The smallest absolute Gasteiger partial charge is 0.271 e. The molecule has 1 aromatic heterocycles. The van der Waals surface area contributed by atoms with E-state index in [4.69, 9.17) is 0 Å². The molecule has 0 aliphatic heterocycles. The van der Waals surface area contributed by atoms with Gasteiger partial charge in [-0.15, -0.1) is 10.2 Å². The van der Waals surface area contributed by atoms with E-state index < -0.39 is 10.2 Å². The maximum Gasteiger partial charge on any atom is 0.299 e. The summed E-state index contributed by atoms with van der Waals surface area (Å²) in [7, 11) is -3.66. The molecule has 2 N–H and O–H groups in total. The van der Waals surface area contributed by atoms with E-state index in [0.29, 0.717) is 5.69 Å². The van der Waals surface area contributed by atoms with Gasteiger partial charge in [-0.3, -0.25) is 4.72 Å². The summed E-state index contributed by atoms with van der Waals surface area (Å²) in [4.78, 5) is 0. The Morgan fingerprint density at radius 1 is 1.04 bits per heavy atom. The van der Waals surface area contributed by atoms with Crippen molar-refractivity contribution in [2.45, 2.75) is 13.5 Å². The van der Waals surface area contributed by atoms with Gasteiger partial charge in [-0.1, -0.05) is 53.8 Å². The fourth-order valence-corrected chi connectivity index (χ4v) is 3.65. The van der Waals surface area contributed by atoms with Crippen molar-refractivity contribution >= 4 is 27.2 Å². The molecule has 8 heteroatoms. The molecule has 3 rings (SSSR count). The maximum absolute atomic E-state index is 12.2. The first-order valence-electron chi connectivity index (χ1n) is 7.24. The van der Waals surface area contributed by atoms with Crippen LogP contribution in [-0.2, 0) is 16.8 Å². The second kappa shape index (κ2) is 7.08. The van der Waals surface area contributed by atoms with Crippen molar-refractivity contribution in [2.75, 3.05) is 4.72 Å². The minimum absolute atomic E-state index is 0.228. The van der Waals surface area contributed by atoms with Crippen LogP contribution in [0.3, 0.4) is 0 Å². The second-order valence-corrected chi connectivity index (χ2v) is 7.80. The van der Waals surface area contributed by atoms with Crippen LogP contribution in [0.1, 0.15) is 10.6 Å². The number of aromatic nitrogens is 2. The topological polar surface area (TPSA) is 84.0 Å². The van der Waals surface area contributed by atoms with Gasteiger partial charge in [0.05, 0.1) is 5.69 Å². The van der Waals surface area contributed by atoms with E-state index in [1.165, 1.54) is 11.3 Å². The Bertz CT molecular complexity index is 924. The predicted octanol–water partition coefficient (Wildman–Crippen LogP) is 2.96. The third kappa shape index (κ3) is 4.38. The molecular weight excluding hydrogens is 344 g/mol. The van der Waals surface area contributed by atoms with E-state index in [9.17, 15) is 8.42 Å². The molecule has 0 saturated heterocycles. The molecule has 0 atom stereocenters. The molecule has 0 aliphatic carbocycles. The molecule has 0 unspecified atom stereocenters. The average molecular weight is 360 g/mol. The SMILES string of the molecule is Cc1nnc(-c2cccc(NS(=O)(=O)NCc3ccccc3)c2)s1. The van der Waals surface area contributed by atoms with E-state index in [-0.39, 0.29) is 6.54 Å². The van der Waals surface area contributed by atoms with Crippen molar-refractivity contribution < 1.29 is 8.42 Å². The minimum atomic E-state index is -3.66. The summed E-state index contributed by atoms with van der Waals surface area (Å²) in [5, 5.41) is 9.67. The molecular formula is C16H16N4O2S2. The summed E-state index contributed by atoms with van der Waals surface area (Å²) in [5.41, 5.74) is 2.19. The van der Waals surface area contributed by atoms with Crippen LogP contribution in [-0.4, -0.2) is 18.6 Å². The third-order valence-electron chi connectivity index (χ3n) is 3.20. The first-order chi connectivity index (χ1) is 11.5. The van der Waals surface area contributed by atoms with E-state index in [1.807, 2.05) is 43.3 Å². The van der Waals surface area contributed by atoms with Gasteiger partial charge in [0.25, 0.3) is 10.2 Å². The molecule has 0 bridgehead atoms. The fraction of sp³-hybridized carbons (Fsp3) is 0.125. The highest BCUT2D eigenvalue weighted by molar-refractivity contribution is 7.90. The summed E-state index contributed by atoms with van der Waals surface area (Å²) in [6.45, 7) is 2.10. The van der Waals surface area contributed by atoms with Crippen LogP contribution in [0.4, 0.5) is 5.69 Å². The highest BCUT2D eigenvalue weighted by Crippen LogP contribution is 2.25. The van der Waals surface area contributed by atoms with Gasteiger partial charge in [0.2, 0.25) is 0 Å². The molecule has 24 heavy (non-hydrogen) atoms. The maximum atomic E-state index is 12.2. The van der Waals surface area contributed by atoms with Crippen molar-refractivity contribution in [3.63, 3.8) is 0 Å². The van der Waals surface area contributed by atoms with Gasteiger partial charge in [-0.2, -0.15) is 13.1 Å². The van der Waals surface area contributed by atoms with Gasteiger partial charge in [0.15, 0.2) is 0 Å². The van der Waals surface area contributed by atoms with Gasteiger partial charge in [0, 0.05) is 12.1 Å². The monoisotopic (exact) mass is 360 g/mol.